The van der Waals surface area contributed by atoms with Gasteiger partial charge in [0.15, 0.2) is 7.26 Å². The SMILES string of the molecule is C=CCc1ccc(O)c(-c2cc(CC=C)ccc2OC[P+](c2ccc(C(F)(F)F)cc2)(c2ccc(C(F)(F)F)cc2)c2ccc(C(F)(F)F)cc2)c1. The number of phenols is 1. The Morgan fingerprint density at radius 2 is 0.885 bits per heavy atom. The number of alkyl halides is 9. The normalized spacial score (nSPS) is 12.4. The predicted molar refractivity (Wildman–Crippen MR) is 187 cm³/mol. The highest BCUT2D eigenvalue weighted by Crippen LogP contribution is 2.56. The fourth-order valence-corrected chi connectivity index (χ4v) is 9.50. The first kappa shape index (κ1) is 38.2. The zero-order chi connectivity index (χ0) is 37.9. The van der Waals surface area contributed by atoms with Gasteiger partial charge in [-0.3, -0.25) is 0 Å². The van der Waals surface area contributed by atoms with Crippen LogP contribution >= 0.6 is 7.26 Å². The largest absolute Gasteiger partial charge is 0.507 e. The first-order chi connectivity index (χ1) is 24.5. The molecule has 5 rings (SSSR count). The molecular weight excluding hydrogens is 714 g/mol. The zero-order valence-electron chi connectivity index (χ0n) is 27.3. The molecule has 5 aromatic rings. The third-order valence-corrected chi connectivity index (χ3v) is 12.5. The molecule has 0 amide bonds. The number of aromatic hydroxyl groups is 1. The maximum atomic E-state index is 13.7. The molecule has 0 radical (unpaired) electrons. The summed E-state index contributed by atoms with van der Waals surface area (Å²) in [6.07, 6.45) is -10.3. The van der Waals surface area contributed by atoms with Crippen molar-refractivity contribution in [3.63, 3.8) is 0 Å². The minimum atomic E-state index is -4.72. The molecule has 0 aliphatic heterocycles. The van der Waals surface area contributed by atoms with Crippen LogP contribution in [0, 0.1) is 0 Å². The first-order valence-electron chi connectivity index (χ1n) is 15.7. The van der Waals surface area contributed by atoms with Crippen LogP contribution in [0.3, 0.4) is 0 Å². The second kappa shape index (κ2) is 14.9. The molecule has 12 heteroatoms. The van der Waals surface area contributed by atoms with Crippen molar-refractivity contribution in [1.82, 2.24) is 0 Å². The van der Waals surface area contributed by atoms with Gasteiger partial charge in [-0.15, -0.1) is 13.2 Å². The Morgan fingerprint density at radius 1 is 0.519 bits per heavy atom. The summed E-state index contributed by atoms with van der Waals surface area (Å²) in [5.41, 5.74) is -0.583. The number of phenolic OH excluding ortho intramolecular Hbond substituents is 1. The van der Waals surface area contributed by atoms with Crippen LogP contribution in [0.25, 0.3) is 11.1 Å². The van der Waals surface area contributed by atoms with Gasteiger partial charge in [0, 0.05) is 11.1 Å². The number of hydrogen-bond acceptors (Lipinski definition) is 2. The Bertz CT molecular complexity index is 1890. The van der Waals surface area contributed by atoms with Crippen LogP contribution in [0.2, 0.25) is 0 Å². The highest BCUT2D eigenvalue weighted by atomic mass is 31.2. The maximum Gasteiger partial charge on any atom is 0.416 e. The summed E-state index contributed by atoms with van der Waals surface area (Å²) in [7, 11) is -3.52. The summed E-state index contributed by atoms with van der Waals surface area (Å²) in [5, 5.41) is 11.6. The van der Waals surface area contributed by atoms with Gasteiger partial charge < -0.3 is 9.84 Å². The van der Waals surface area contributed by atoms with Crippen molar-refractivity contribution in [3.8, 4) is 22.6 Å². The molecule has 0 unspecified atom stereocenters. The van der Waals surface area contributed by atoms with E-state index >= 15 is 0 Å². The predicted octanol–water partition coefficient (Wildman–Crippen LogP) is 10.9. The lowest BCUT2D eigenvalue weighted by Gasteiger charge is -2.28. The van der Waals surface area contributed by atoms with Crippen molar-refractivity contribution in [2.75, 3.05) is 6.35 Å². The van der Waals surface area contributed by atoms with Gasteiger partial charge >= 0.3 is 18.5 Å². The molecule has 0 heterocycles. The second-order valence-electron chi connectivity index (χ2n) is 11.9. The van der Waals surface area contributed by atoms with Crippen molar-refractivity contribution < 1.29 is 49.4 Å². The van der Waals surface area contributed by atoms with E-state index < -0.39 is 48.8 Å². The fraction of sp³-hybridized carbons (Fsp3) is 0.150. The third kappa shape index (κ3) is 8.20. The van der Waals surface area contributed by atoms with Crippen LogP contribution in [0.4, 0.5) is 39.5 Å². The van der Waals surface area contributed by atoms with Gasteiger partial charge in [0.2, 0.25) is 6.35 Å². The molecule has 1 N–H and O–H groups in total. The highest BCUT2D eigenvalue weighted by Gasteiger charge is 2.48. The topological polar surface area (TPSA) is 29.5 Å². The van der Waals surface area contributed by atoms with Crippen molar-refractivity contribution in [2.45, 2.75) is 31.4 Å². The summed E-state index contributed by atoms with van der Waals surface area (Å²) in [4.78, 5) is 0. The van der Waals surface area contributed by atoms with Crippen LogP contribution in [0.1, 0.15) is 27.8 Å². The smallest absolute Gasteiger partial charge is 0.416 e. The molecule has 2 nitrogen and oxygen atoms in total. The molecule has 270 valence electrons. The van der Waals surface area contributed by atoms with E-state index in [0.29, 0.717) is 24.0 Å². The second-order valence-corrected chi connectivity index (χ2v) is 15.3. The highest BCUT2D eigenvalue weighted by molar-refractivity contribution is 7.95. The van der Waals surface area contributed by atoms with Gasteiger partial charge in [0.25, 0.3) is 0 Å². The summed E-state index contributed by atoms with van der Waals surface area (Å²) in [6, 6.07) is 22.0. The van der Waals surface area contributed by atoms with Crippen molar-refractivity contribution in [3.05, 3.63) is 162 Å². The summed E-state index contributed by atoms with van der Waals surface area (Å²) < 4.78 is 130. The molecule has 0 spiro atoms. The van der Waals surface area contributed by atoms with Gasteiger partial charge in [-0.25, -0.2) is 0 Å². The van der Waals surface area contributed by atoms with Crippen LogP contribution in [0.15, 0.2) is 135 Å². The number of ether oxygens (including phenoxy) is 1. The lowest BCUT2D eigenvalue weighted by Crippen LogP contribution is -2.35. The molecule has 0 fully saturated rings. The lowest BCUT2D eigenvalue weighted by atomic mass is 9.97. The molecule has 5 aromatic carbocycles. The van der Waals surface area contributed by atoms with E-state index in [2.05, 4.69) is 13.2 Å². The van der Waals surface area contributed by atoms with E-state index in [0.717, 1.165) is 47.5 Å². The fourth-order valence-electron chi connectivity index (χ4n) is 5.85. The van der Waals surface area contributed by atoms with Gasteiger partial charge in [-0.1, -0.05) is 24.3 Å². The maximum absolute atomic E-state index is 13.7. The molecule has 0 aliphatic rings. The van der Waals surface area contributed by atoms with Gasteiger partial charge in [-0.05, 0) is 121 Å². The van der Waals surface area contributed by atoms with Crippen molar-refractivity contribution in [1.29, 1.82) is 0 Å². The molecule has 0 aliphatic carbocycles. The number of halogens is 9. The molecule has 0 aromatic heterocycles. The van der Waals surface area contributed by atoms with E-state index in [4.69, 9.17) is 4.74 Å². The van der Waals surface area contributed by atoms with Crippen LogP contribution < -0.4 is 20.7 Å². The Kier molecular flexibility index (Phi) is 11.0. The Labute approximate surface area is 294 Å². The number of allylic oxidation sites excluding steroid dienone is 2. The Balaban J connectivity index is 1.76. The number of rotatable bonds is 11. The van der Waals surface area contributed by atoms with E-state index in [1.165, 1.54) is 42.5 Å². The molecule has 0 saturated carbocycles. The lowest BCUT2D eigenvalue weighted by molar-refractivity contribution is -0.138. The monoisotopic (exact) mass is 745 g/mol. The minimum absolute atomic E-state index is 0.0947. The van der Waals surface area contributed by atoms with E-state index in [9.17, 15) is 44.6 Å². The molecule has 52 heavy (non-hydrogen) atoms. The molecule has 0 saturated heterocycles. The average molecular weight is 746 g/mol. The van der Waals surface area contributed by atoms with Gasteiger partial charge in [0.05, 0.1) is 16.7 Å². The summed E-state index contributed by atoms with van der Waals surface area (Å²) in [5.74, 6) is 0.108. The van der Waals surface area contributed by atoms with Gasteiger partial charge in [0.1, 0.15) is 27.4 Å². The molecule has 0 bridgehead atoms. The standard InChI is InChI=1S/C40H30F9O2P/c1-3-5-26-7-21-36(50)34(23-26)35-24-27(6-4-2)8-22-37(35)51-25-52(31-15-9-28(10-16-31)38(41,42)43,32-17-11-29(12-18-32)39(44,45)46)33-19-13-30(14-20-33)40(47,48)49/h3-4,7-24H,1-2,5-6,25H2/p+1. The average Bonchev–Trinajstić information content (AvgIpc) is 3.09. The number of benzene rings is 5. The van der Waals surface area contributed by atoms with E-state index in [1.54, 1.807) is 42.5 Å². The first-order valence-corrected chi connectivity index (χ1v) is 17.7. The van der Waals surface area contributed by atoms with Crippen molar-refractivity contribution >= 4 is 23.2 Å². The van der Waals surface area contributed by atoms with Gasteiger partial charge in [-0.2, -0.15) is 39.5 Å². The molecule has 0 atom stereocenters. The van der Waals surface area contributed by atoms with Crippen molar-refractivity contribution in [2.24, 2.45) is 0 Å². The van der Waals surface area contributed by atoms with Crippen LogP contribution in [0.5, 0.6) is 11.5 Å². The number of hydrogen-bond donors (Lipinski definition) is 1. The Hall–Kier alpha value is -5.02. The van der Waals surface area contributed by atoms with E-state index in [1.807, 2.05) is 0 Å². The summed E-state index contributed by atoms with van der Waals surface area (Å²) >= 11 is 0. The van der Waals surface area contributed by atoms with Crippen LogP contribution in [-0.4, -0.2) is 11.5 Å². The molecular formula is C40H31F9O2P+. The van der Waals surface area contributed by atoms with Crippen LogP contribution in [-0.2, 0) is 31.4 Å². The quantitative estimate of drug-likeness (QED) is 0.0829. The minimum Gasteiger partial charge on any atom is -0.507 e. The zero-order valence-corrected chi connectivity index (χ0v) is 28.2. The van der Waals surface area contributed by atoms with E-state index in [-0.39, 0.29) is 27.4 Å². The third-order valence-electron chi connectivity index (χ3n) is 8.48. The summed E-state index contributed by atoms with van der Waals surface area (Å²) in [6.45, 7) is 7.53. The Morgan fingerprint density at radius 3 is 1.25 bits per heavy atom.